The van der Waals surface area contributed by atoms with Crippen LogP contribution in [0.4, 0.5) is 0 Å². The van der Waals surface area contributed by atoms with Crippen molar-refractivity contribution in [3.63, 3.8) is 0 Å². The van der Waals surface area contributed by atoms with Crippen LogP contribution in [0.15, 0.2) is 54.7 Å². The molecule has 1 aliphatic heterocycles. The molecule has 2 heterocycles. The van der Waals surface area contributed by atoms with Gasteiger partial charge >= 0.3 is 0 Å². The van der Waals surface area contributed by atoms with Gasteiger partial charge in [0.1, 0.15) is 96.4 Å². The molecule has 1 saturated heterocycles. The molecule has 19 amide bonds. The minimum Gasteiger partial charge on any atom is -0.508 e. The molecule has 0 bridgehead atoms. The molecule has 1 aromatic heterocycles. The minimum atomic E-state index is -1.89. The Hall–Kier alpha value is -12.4. The van der Waals surface area contributed by atoms with E-state index in [2.05, 4.69) is 90.1 Å². The lowest BCUT2D eigenvalue weighted by atomic mass is 9.99. The number of nitrogens with one attached hydrogen (secondary N) is 17. The van der Waals surface area contributed by atoms with Crippen LogP contribution in [0.1, 0.15) is 166 Å². The summed E-state index contributed by atoms with van der Waals surface area (Å²) in [4.78, 5) is 262. The van der Waals surface area contributed by atoms with Crippen LogP contribution in [0, 0.1) is 29.6 Å². The summed E-state index contributed by atoms with van der Waals surface area (Å²) in [6, 6.07) is -8.35. The second kappa shape index (κ2) is 51.9. The number of para-hydroxylation sites is 1. The van der Waals surface area contributed by atoms with E-state index in [4.69, 9.17) is 17.2 Å². The number of hydrogen-bond acceptors (Lipinski definition) is 23. The average molecular weight is 1790 g/mol. The number of phenolic OH excluding ortho intramolecular Hbond substituents is 1. The Morgan fingerprint density at radius 2 is 0.827 bits per heavy atom. The molecule has 0 spiro atoms. The SMILES string of the molecule is CC(C)C[C@H](NC(=O)[C@H](C)NC(=O)[C@H](CC(C)C)NC(=O)[C@H](C)NC(=O)[C@@H]1CCCN1C(=O)CNC(=O)[C@H](CC(C)C)NC(=O)[C@H](CC(C)C)NC(=O)[C@H](Cc1ccc(O)cc1)NC(=O)CNC(=O)[C@H](C)NC(=O)[C@H](CO)NC(=O)[C@H](CC(N)=O)NC(=O)[C@H](CC(C)C)NC(=O)[C@@H](NC(=O)[C@H](Cc1c[nH]c2ccccc12)NC(=O)CN)[C@@H](C)O)C(=O)N[C@@H](C)C(N)=O. The number of phenols is 1. The van der Waals surface area contributed by atoms with Crippen molar-refractivity contribution in [1.29, 1.82) is 0 Å². The van der Waals surface area contributed by atoms with E-state index >= 15 is 0 Å². The Morgan fingerprint density at radius 3 is 1.31 bits per heavy atom. The maximum absolute atomic E-state index is 14.5. The van der Waals surface area contributed by atoms with E-state index in [1.54, 1.807) is 85.9 Å². The van der Waals surface area contributed by atoms with Gasteiger partial charge in [0.2, 0.25) is 112 Å². The fourth-order valence-corrected chi connectivity index (χ4v) is 13.6. The highest BCUT2D eigenvalue weighted by Crippen LogP contribution is 2.22. The summed E-state index contributed by atoms with van der Waals surface area (Å²) in [6.07, 6.45) is -0.562. The third kappa shape index (κ3) is 36.2. The topological polar surface area (TPSA) is 675 Å². The summed E-state index contributed by atoms with van der Waals surface area (Å²) in [7, 11) is 0. The number of H-pyrrole nitrogens is 1. The van der Waals surface area contributed by atoms with Gasteiger partial charge in [-0.1, -0.05) is 99.6 Å². The number of aliphatic hydroxyl groups excluding tert-OH is 2. The van der Waals surface area contributed by atoms with Crippen LogP contribution in [0.25, 0.3) is 10.9 Å². The van der Waals surface area contributed by atoms with Gasteiger partial charge in [-0.25, -0.2) is 0 Å². The molecule has 3 aromatic rings. The maximum Gasteiger partial charge on any atom is 0.245 e. The van der Waals surface area contributed by atoms with E-state index in [1.165, 1.54) is 56.9 Å². The molecule has 0 saturated carbocycles. The fourth-order valence-electron chi connectivity index (χ4n) is 13.6. The second-order valence-electron chi connectivity index (χ2n) is 34.0. The van der Waals surface area contributed by atoms with Crippen LogP contribution in [0.5, 0.6) is 5.75 Å². The number of carbonyl (C=O) groups excluding carboxylic acids is 19. The summed E-state index contributed by atoms with van der Waals surface area (Å²) in [5.41, 5.74) is 18.1. The molecule has 26 N–H and O–H groups in total. The maximum atomic E-state index is 14.5. The number of hydrogen-bond donors (Lipinski definition) is 23. The number of primary amides is 2. The predicted octanol–water partition coefficient (Wildman–Crippen LogP) is -5.33. The molecule has 1 aliphatic rings. The van der Waals surface area contributed by atoms with Gasteiger partial charge in [0, 0.05) is 36.5 Å². The smallest absolute Gasteiger partial charge is 0.245 e. The molecule has 16 atom stereocenters. The summed E-state index contributed by atoms with van der Waals surface area (Å²) in [6.45, 7) is 21.0. The Balaban J connectivity index is 1.40. The van der Waals surface area contributed by atoms with Crippen molar-refractivity contribution >= 4 is 123 Å². The number of amides is 19. The van der Waals surface area contributed by atoms with Crippen molar-refractivity contribution in [2.75, 3.05) is 32.8 Å². The van der Waals surface area contributed by atoms with Crippen LogP contribution in [-0.2, 0) is 104 Å². The molecular formula is C84H131N21O22. The summed E-state index contributed by atoms with van der Waals surface area (Å²) in [5.74, 6) is -18.4. The molecule has 0 unspecified atom stereocenters. The molecule has 1 fully saturated rings. The van der Waals surface area contributed by atoms with Gasteiger partial charge in [-0.15, -0.1) is 0 Å². The number of aliphatic hydroxyl groups is 2. The largest absolute Gasteiger partial charge is 0.508 e. The van der Waals surface area contributed by atoms with Gasteiger partial charge in [-0.3, -0.25) is 91.1 Å². The van der Waals surface area contributed by atoms with Crippen molar-refractivity contribution in [1.82, 2.24) is 95.0 Å². The minimum absolute atomic E-state index is 0.0200. The molecule has 4 rings (SSSR count). The third-order valence-corrected chi connectivity index (χ3v) is 20.3. The third-order valence-electron chi connectivity index (χ3n) is 20.3. The quantitative estimate of drug-likeness (QED) is 0.0251. The summed E-state index contributed by atoms with van der Waals surface area (Å²) < 4.78 is 0. The lowest BCUT2D eigenvalue weighted by molar-refractivity contribution is -0.140. The second-order valence-corrected chi connectivity index (χ2v) is 34.0. The summed E-state index contributed by atoms with van der Waals surface area (Å²) >= 11 is 0. The van der Waals surface area contributed by atoms with Crippen LogP contribution < -0.4 is 102 Å². The standard InChI is InChI=1S/C84H131N21O22/c1-40(2)27-55(74(117)90-38-68(112)105-26-18-21-64(105)83(126)94-48(14)73(116)98-57(29-42(5)6)76(119)93-47(13)72(115)97-56(28-41(3)4)75(118)91-45(11)70(87)113)99-77(120)58(30-43(7)8)100-79(122)60(32-50-22-24-52(108)25-23-50)96-67(111)37-89-71(114)46(12)92-82(125)63(39-106)103-80(123)62(34-65(86)109)101-78(121)59(31-44(9)10)102-84(127)69(49(15)107)104-81(124)61(95-66(110)35-85)33-51-36-88-54-20-17-16-19-53(51)54/h16-17,19-20,22-25,36,40-49,55-64,69,88,106-108H,18,21,26-35,37-39,85H2,1-15H3,(H2,86,109)(H2,87,113)(H,89,114)(H,90,117)(H,91,118)(H,92,125)(H,93,119)(H,94,126)(H,95,110)(H,96,111)(H,97,115)(H,98,116)(H,99,120)(H,100,122)(H,101,121)(H,102,127)(H,103,123)(H,104,124)/t45-,46-,47-,48-,49+,55-,56-,57-,58-,59-,60-,61-,62-,63-,64-,69-/m0/s1. The van der Waals surface area contributed by atoms with E-state index < -0.39 is 242 Å². The van der Waals surface area contributed by atoms with E-state index in [1.807, 2.05) is 13.8 Å². The van der Waals surface area contributed by atoms with Gasteiger partial charge in [-0.2, -0.15) is 0 Å². The van der Waals surface area contributed by atoms with E-state index in [-0.39, 0.29) is 93.3 Å². The molecule has 2 aromatic carbocycles. The van der Waals surface area contributed by atoms with Crippen molar-refractivity contribution < 1.29 is 106 Å². The highest BCUT2D eigenvalue weighted by Gasteiger charge is 2.41. The Morgan fingerprint density at radius 1 is 0.425 bits per heavy atom. The normalized spacial score (nSPS) is 16.1. The van der Waals surface area contributed by atoms with Gasteiger partial charge < -0.3 is 127 Å². The number of aromatic amines is 1. The number of nitrogens with two attached hydrogens (primary N) is 3. The van der Waals surface area contributed by atoms with Crippen molar-refractivity contribution in [3.8, 4) is 5.75 Å². The monoisotopic (exact) mass is 1790 g/mol. The van der Waals surface area contributed by atoms with Crippen molar-refractivity contribution in [2.24, 2.45) is 46.8 Å². The van der Waals surface area contributed by atoms with E-state index in [0.29, 0.717) is 17.5 Å². The first-order valence-electron chi connectivity index (χ1n) is 42.5. The van der Waals surface area contributed by atoms with E-state index in [0.717, 1.165) is 17.8 Å². The highest BCUT2D eigenvalue weighted by atomic mass is 16.3. The lowest BCUT2D eigenvalue weighted by Crippen LogP contribution is -2.62. The first-order chi connectivity index (χ1) is 59.5. The van der Waals surface area contributed by atoms with Crippen molar-refractivity contribution in [3.05, 3.63) is 65.9 Å². The zero-order chi connectivity index (χ0) is 95.5. The first kappa shape index (κ1) is 107. The van der Waals surface area contributed by atoms with Crippen LogP contribution in [0.2, 0.25) is 0 Å². The molecule has 0 radical (unpaired) electrons. The summed E-state index contributed by atoms with van der Waals surface area (Å²) in [5, 5.41) is 71.8. The number of carbonyl (C=O) groups is 19. The van der Waals surface area contributed by atoms with Gasteiger partial charge in [0.15, 0.2) is 0 Å². The van der Waals surface area contributed by atoms with Gasteiger partial charge in [0.25, 0.3) is 0 Å². The Bertz CT molecular complexity index is 4350. The van der Waals surface area contributed by atoms with Gasteiger partial charge in [-0.05, 0) is 138 Å². The molecule has 704 valence electrons. The van der Waals surface area contributed by atoms with Crippen LogP contribution >= 0.6 is 0 Å². The molecule has 127 heavy (non-hydrogen) atoms. The fraction of sp³-hybridized carbons (Fsp3) is 0.607. The number of aromatic hydroxyl groups is 1. The lowest BCUT2D eigenvalue weighted by Gasteiger charge is -2.28. The molecule has 0 aliphatic carbocycles. The molecular weight excluding hydrogens is 1660 g/mol. The number of fused-ring (bicyclic) bond motifs is 1. The Labute approximate surface area is 737 Å². The Kier molecular flexibility index (Phi) is 43.7. The van der Waals surface area contributed by atoms with Crippen LogP contribution in [0.3, 0.4) is 0 Å². The number of nitrogens with zero attached hydrogens (tertiary/aromatic N) is 1. The molecule has 43 heteroatoms. The number of benzene rings is 2. The van der Waals surface area contributed by atoms with Crippen molar-refractivity contribution in [2.45, 2.75) is 265 Å². The first-order valence-corrected chi connectivity index (χ1v) is 42.5. The average Bonchev–Trinajstić information content (AvgIpc) is 1.70. The van der Waals surface area contributed by atoms with Crippen LogP contribution in [-0.4, -0.2) is 267 Å². The van der Waals surface area contributed by atoms with Gasteiger partial charge in [0.05, 0.1) is 38.8 Å². The zero-order valence-electron chi connectivity index (χ0n) is 74.7. The predicted molar refractivity (Wildman–Crippen MR) is 462 cm³/mol. The number of likely N-dealkylation sites (tertiary alicyclic amines) is 1. The zero-order valence-corrected chi connectivity index (χ0v) is 74.7. The number of aromatic nitrogens is 1. The number of rotatable bonds is 52. The van der Waals surface area contributed by atoms with E-state index in [9.17, 15) is 106 Å². The highest BCUT2D eigenvalue weighted by molar-refractivity contribution is 6.02. The molecule has 43 nitrogen and oxygen atoms in total.